The van der Waals surface area contributed by atoms with Crippen LogP contribution in [-0.2, 0) is 0 Å². The first-order chi connectivity index (χ1) is 10.1. The summed E-state index contributed by atoms with van der Waals surface area (Å²) in [6, 6.07) is 4.89. The monoisotopic (exact) mass is 292 g/mol. The molecule has 21 heavy (non-hydrogen) atoms. The molecular formula is C16H24N2O3. The molecule has 1 aliphatic carbocycles. The molecule has 1 saturated carbocycles. The summed E-state index contributed by atoms with van der Waals surface area (Å²) in [5.41, 5.74) is 1.97. The normalized spacial score (nSPS) is 22.0. The second-order valence-corrected chi connectivity index (χ2v) is 5.94. The van der Waals surface area contributed by atoms with Crippen molar-refractivity contribution in [2.45, 2.75) is 51.6 Å². The molecule has 0 aromatic heterocycles. The maximum absolute atomic E-state index is 10.7. The Morgan fingerprint density at radius 1 is 1.38 bits per heavy atom. The summed E-state index contributed by atoms with van der Waals surface area (Å²) in [5.74, 6) is 0.443. The van der Waals surface area contributed by atoms with Crippen molar-refractivity contribution in [3.63, 3.8) is 0 Å². The maximum atomic E-state index is 10.7. The number of hydrogen-bond acceptors (Lipinski definition) is 4. The van der Waals surface area contributed by atoms with Gasteiger partial charge in [-0.2, -0.15) is 0 Å². The van der Waals surface area contributed by atoms with Gasteiger partial charge < -0.3 is 10.4 Å². The van der Waals surface area contributed by atoms with Crippen LogP contribution in [0.4, 0.5) is 11.4 Å². The Morgan fingerprint density at radius 2 is 2.14 bits per heavy atom. The molecule has 2 N–H and O–H groups in total. The van der Waals surface area contributed by atoms with E-state index in [9.17, 15) is 15.2 Å². The minimum Gasteiger partial charge on any atom is -0.393 e. The average molecular weight is 292 g/mol. The van der Waals surface area contributed by atoms with Crippen LogP contribution < -0.4 is 5.32 Å². The van der Waals surface area contributed by atoms with Crippen molar-refractivity contribution in [3.05, 3.63) is 33.9 Å². The Bertz CT molecular complexity index is 490. The van der Waals surface area contributed by atoms with Crippen LogP contribution in [0.2, 0.25) is 0 Å². The molecule has 0 amide bonds. The molecule has 5 nitrogen and oxygen atoms in total. The van der Waals surface area contributed by atoms with Gasteiger partial charge in [-0.3, -0.25) is 10.1 Å². The molecule has 2 rings (SSSR count). The molecule has 1 aromatic carbocycles. The van der Waals surface area contributed by atoms with Crippen molar-refractivity contribution in [3.8, 4) is 0 Å². The second kappa shape index (κ2) is 7.41. The molecule has 5 heteroatoms. The van der Waals surface area contributed by atoms with Crippen LogP contribution in [-0.4, -0.2) is 22.7 Å². The van der Waals surface area contributed by atoms with E-state index in [0.29, 0.717) is 5.92 Å². The lowest BCUT2D eigenvalue weighted by molar-refractivity contribution is -0.384. The minimum atomic E-state index is -0.374. The predicted molar refractivity (Wildman–Crippen MR) is 83.5 cm³/mol. The van der Waals surface area contributed by atoms with Crippen LogP contribution in [0.5, 0.6) is 0 Å². The first-order valence-corrected chi connectivity index (χ1v) is 7.75. The number of rotatable bonds is 6. The Kier molecular flexibility index (Phi) is 5.56. The Balaban J connectivity index is 1.77. The molecule has 1 aliphatic rings. The van der Waals surface area contributed by atoms with Gasteiger partial charge in [-0.1, -0.05) is 12.8 Å². The number of nitrogens with one attached hydrogen (secondary N) is 1. The molecule has 0 aliphatic heterocycles. The van der Waals surface area contributed by atoms with E-state index in [1.54, 1.807) is 12.1 Å². The van der Waals surface area contributed by atoms with Crippen molar-refractivity contribution in [1.82, 2.24) is 0 Å². The fraction of sp³-hybridized carbons (Fsp3) is 0.625. The molecule has 0 spiro atoms. The van der Waals surface area contributed by atoms with E-state index in [-0.39, 0.29) is 16.7 Å². The van der Waals surface area contributed by atoms with Crippen molar-refractivity contribution >= 4 is 11.4 Å². The zero-order valence-electron chi connectivity index (χ0n) is 12.5. The number of aryl methyl sites for hydroxylation is 1. The van der Waals surface area contributed by atoms with Crippen molar-refractivity contribution in [2.24, 2.45) is 5.92 Å². The predicted octanol–water partition coefficient (Wildman–Crippen LogP) is 3.65. The molecule has 1 aromatic rings. The van der Waals surface area contributed by atoms with Crippen LogP contribution in [0.25, 0.3) is 0 Å². The van der Waals surface area contributed by atoms with Gasteiger partial charge in [0.05, 0.1) is 11.0 Å². The van der Waals surface area contributed by atoms with E-state index in [0.717, 1.165) is 49.9 Å². The van der Waals surface area contributed by atoms with Gasteiger partial charge in [0.1, 0.15) is 0 Å². The SMILES string of the molecule is Cc1cc([N+](=O)[O-])ccc1NCCCC1CCCCC1O. The van der Waals surface area contributed by atoms with E-state index < -0.39 is 0 Å². The summed E-state index contributed by atoms with van der Waals surface area (Å²) in [7, 11) is 0. The number of benzene rings is 1. The van der Waals surface area contributed by atoms with Gasteiger partial charge in [0.2, 0.25) is 0 Å². The first-order valence-electron chi connectivity index (χ1n) is 7.75. The Labute approximate surface area is 125 Å². The summed E-state index contributed by atoms with van der Waals surface area (Å²) >= 11 is 0. The Morgan fingerprint density at radius 3 is 2.81 bits per heavy atom. The maximum Gasteiger partial charge on any atom is 0.269 e. The topological polar surface area (TPSA) is 75.4 Å². The molecule has 1 fully saturated rings. The fourth-order valence-electron chi connectivity index (χ4n) is 3.07. The number of nitro benzene ring substituents is 1. The van der Waals surface area contributed by atoms with Crippen LogP contribution in [0.1, 0.15) is 44.1 Å². The van der Waals surface area contributed by atoms with Gasteiger partial charge >= 0.3 is 0 Å². The second-order valence-electron chi connectivity index (χ2n) is 5.94. The molecule has 2 unspecified atom stereocenters. The number of nitro groups is 1. The molecule has 116 valence electrons. The lowest BCUT2D eigenvalue weighted by Crippen LogP contribution is -2.24. The van der Waals surface area contributed by atoms with Gasteiger partial charge in [0.25, 0.3) is 5.69 Å². The molecule has 0 radical (unpaired) electrons. The highest BCUT2D eigenvalue weighted by Gasteiger charge is 2.22. The minimum absolute atomic E-state index is 0.125. The first kappa shape index (κ1) is 15.8. The number of aliphatic hydroxyl groups excluding tert-OH is 1. The number of nitrogens with zero attached hydrogens (tertiary/aromatic N) is 1. The van der Waals surface area contributed by atoms with Gasteiger partial charge in [0.15, 0.2) is 0 Å². The molecule has 0 bridgehead atoms. The number of aliphatic hydroxyl groups is 1. The average Bonchev–Trinajstić information content (AvgIpc) is 2.46. The third-order valence-corrected chi connectivity index (χ3v) is 4.36. The number of anilines is 1. The van der Waals surface area contributed by atoms with E-state index in [1.165, 1.54) is 12.5 Å². The highest BCUT2D eigenvalue weighted by molar-refractivity contribution is 5.55. The largest absolute Gasteiger partial charge is 0.393 e. The van der Waals surface area contributed by atoms with E-state index >= 15 is 0 Å². The van der Waals surface area contributed by atoms with Crippen LogP contribution >= 0.6 is 0 Å². The third-order valence-electron chi connectivity index (χ3n) is 4.36. The van der Waals surface area contributed by atoms with Crippen molar-refractivity contribution < 1.29 is 10.0 Å². The highest BCUT2D eigenvalue weighted by atomic mass is 16.6. The van der Waals surface area contributed by atoms with E-state index in [2.05, 4.69) is 5.32 Å². The van der Waals surface area contributed by atoms with E-state index in [4.69, 9.17) is 0 Å². The lowest BCUT2D eigenvalue weighted by atomic mass is 9.83. The van der Waals surface area contributed by atoms with Crippen molar-refractivity contribution in [1.29, 1.82) is 0 Å². The summed E-state index contributed by atoms with van der Waals surface area (Å²) < 4.78 is 0. The standard InChI is InChI=1S/C16H24N2O3/c1-12-11-14(18(20)21)8-9-15(12)17-10-4-6-13-5-2-3-7-16(13)19/h8-9,11,13,16-17,19H,2-7,10H2,1H3. The quantitative estimate of drug-likeness (QED) is 0.477. The van der Waals surface area contributed by atoms with Gasteiger partial charge in [-0.15, -0.1) is 0 Å². The molecule has 0 saturated heterocycles. The van der Waals surface area contributed by atoms with Crippen LogP contribution in [0.15, 0.2) is 18.2 Å². The molecular weight excluding hydrogens is 268 g/mol. The Hall–Kier alpha value is -1.62. The zero-order valence-corrected chi connectivity index (χ0v) is 12.5. The van der Waals surface area contributed by atoms with Gasteiger partial charge in [-0.25, -0.2) is 0 Å². The van der Waals surface area contributed by atoms with E-state index in [1.807, 2.05) is 6.92 Å². The van der Waals surface area contributed by atoms with Crippen LogP contribution in [0, 0.1) is 23.0 Å². The number of hydrogen-bond donors (Lipinski definition) is 2. The lowest BCUT2D eigenvalue weighted by Gasteiger charge is -2.27. The van der Waals surface area contributed by atoms with Crippen LogP contribution in [0.3, 0.4) is 0 Å². The van der Waals surface area contributed by atoms with Crippen molar-refractivity contribution in [2.75, 3.05) is 11.9 Å². The summed E-state index contributed by atoms with van der Waals surface area (Å²) in [5, 5.41) is 23.9. The summed E-state index contributed by atoms with van der Waals surface area (Å²) in [6.45, 7) is 2.71. The number of non-ortho nitro benzene ring substituents is 1. The summed E-state index contributed by atoms with van der Waals surface area (Å²) in [4.78, 5) is 10.3. The highest BCUT2D eigenvalue weighted by Crippen LogP contribution is 2.28. The smallest absolute Gasteiger partial charge is 0.269 e. The fourth-order valence-corrected chi connectivity index (χ4v) is 3.07. The van der Waals surface area contributed by atoms with Gasteiger partial charge in [0, 0.05) is 24.4 Å². The molecule has 0 heterocycles. The molecule has 2 atom stereocenters. The summed E-state index contributed by atoms with van der Waals surface area (Å²) in [6.07, 6.45) is 6.39. The van der Waals surface area contributed by atoms with Gasteiger partial charge in [-0.05, 0) is 50.2 Å². The third kappa shape index (κ3) is 4.43. The zero-order chi connectivity index (χ0) is 15.2.